The first kappa shape index (κ1) is 19.4. The molecule has 1 N–H and O–H groups in total. The van der Waals surface area contributed by atoms with Crippen LogP contribution in [0.3, 0.4) is 0 Å². The van der Waals surface area contributed by atoms with Crippen LogP contribution in [0.4, 0.5) is 0 Å². The van der Waals surface area contributed by atoms with Crippen LogP contribution in [-0.2, 0) is 16.6 Å². The van der Waals surface area contributed by atoms with Crippen LogP contribution < -0.4 is 5.32 Å². The zero-order valence-electron chi connectivity index (χ0n) is 14.2. The molecule has 2 aromatic rings. The number of sulfonamides is 1. The fraction of sp³-hybridized carbons (Fsp3) is 0.278. The summed E-state index contributed by atoms with van der Waals surface area (Å²) in [6, 6.07) is 13.2. The smallest absolute Gasteiger partial charge is 0.251 e. The lowest BCUT2D eigenvalue weighted by atomic mass is 10.2. The molecule has 5 nitrogen and oxygen atoms in total. The lowest BCUT2D eigenvalue weighted by Crippen LogP contribution is -2.30. The molecule has 0 unspecified atom stereocenters. The van der Waals surface area contributed by atoms with Gasteiger partial charge in [-0.3, -0.25) is 4.79 Å². The van der Waals surface area contributed by atoms with Crippen LogP contribution in [0, 0.1) is 0 Å². The van der Waals surface area contributed by atoms with Crippen molar-refractivity contribution in [2.24, 2.45) is 0 Å². The quantitative estimate of drug-likeness (QED) is 0.801. The number of carbonyl (C=O) groups is 1. The standard InChI is InChI=1S/C18H21ClN2O3S/c1-3-21(4-2)25(23,24)17-10-8-14(9-11-17)13-20-18(22)15-6-5-7-16(19)12-15/h5-12H,3-4,13H2,1-2H3,(H,20,22). The highest BCUT2D eigenvalue weighted by atomic mass is 35.5. The molecule has 0 heterocycles. The second-order valence-electron chi connectivity index (χ2n) is 5.43. The number of rotatable bonds is 7. The number of halogens is 1. The molecule has 2 rings (SSSR count). The molecule has 1 amide bonds. The average Bonchev–Trinajstić information content (AvgIpc) is 2.61. The minimum absolute atomic E-state index is 0.234. The summed E-state index contributed by atoms with van der Waals surface area (Å²) in [4.78, 5) is 12.3. The number of nitrogens with zero attached hydrogens (tertiary/aromatic N) is 1. The van der Waals surface area contributed by atoms with E-state index in [-0.39, 0.29) is 10.8 Å². The molecule has 25 heavy (non-hydrogen) atoms. The summed E-state index contributed by atoms with van der Waals surface area (Å²) in [7, 11) is -3.47. The molecule has 7 heteroatoms. The fourth-order valence-electron chi connectivity index (χ4n) is 2.41. The average molecular weight is 381 g/mol. The molecule has 0 aliphatic carbocycles. The molecule has 0 saturated heterocycles. The highest BCUT2D eigenvalue weighted by Crippen LogP contribution is 2.16. The van der Waals surface area contributed by atoms with E-state index < -0.39 is 10.0 Å². The number of carbonyl (C=O) groups excluding carboxylic acids is 1. The van der Waals surface area contributed by atoms with E-state index in [1.54, 1.807) is 62.4 Å². The van der Waals surface area contributed by atoms with Gasteiger partial charge in [0.15, 0.2) is 0 Å². The van der Waals surface area contributed by atoms with Crippen molar-refractivity contribution in [3.63, 3.8) is 0 Å². The van der Waals surface area contributed by atoms with Gasteiger partial charge in [0.25, 0.3) is 5.91 Å². The van der Waals surface area contributed by atoms with Gasteiger partial charge in [0.05, 0.1) is 4.90 Å². The van der Waals surface area contributed by atoms with Crippen molar-refractivity contribution < 1.29 is 13.2 Å². The van der Waals surface area contributed by atoms with Crippen LogP contribution >= 0.6 is 11.6 Å². The van der Waals surface area contributed by atoms with Crippen LogP contribution in [0.15, 0.2) is 53.4 Å². The predicted molar refractivity (Wildman–Crippen MR) is 99.2 cm³/mol. The largest absolute Gasteiger partial charge is 0.348 e. The van der Waals surface area contributed by atoms with Crippen molar-refractivity contribution in [2.75, 3.05) is 13.1 Å². The molecule has 0 radical (unpaired) electrons. The number of amides is 1. The Labute approximate surface area is 153 Å². The summed E-state index contributed by atoms with van der Waals surface area (Å²) in [6.07, 6.45) is 0. The highest BCUT2D eigenvalue weighted by molar-refractivity contribution is 7.89. The molecule has 0 fully saturated rings. The number of hydrogen-bond donors (Lipinski definition) is 1. The van der Waals surface area contributed by atoms with Crippen LogP contribution in [-0.4, -0.2) is 31.7 Å². The summed E-state index contributed by atoms with van der Waals surface area (Å²) in [5.41, 5.74) is 1.29. The van der Waals surface area contributed by atoms with Gasteiger partial charge in [-0.15, -0.1) is 0 Å². The topological polar surface area (TPSA) is 66.5 Å². The van der Waals surface area contributed by atoms with E-state index in [4.69, 9.17) is 11.6 Å². The van der Waals surface area contributed by atoms with E-state index in [0.717, 1.165) is 5.56 Å². The Hall–Kier alpha value is -1.89. The fourth-order valence-corrected chi connectivity index (χ4v) is 4.05. The van der Waals surface area contributed by atoms with Crippen molar-refractivity contribution in [3.8, 4) is 0 Å². The van der Waals surface area contributed by atoms with Crippen LogP contribution in [0.2, 0.25) is 5.02 Å². The molecular formula is C18H21ClN2O3S. The Balaban J connectivity index is 2.04. The van der Waals surface area contributed by atoms with Gasteiger partial charge in [0.2, 0.25) is 10.0 Å². The summed E-state index contributed by atoms with van der Waals surface area (Å²) in [5, 5.41) is 3.29. The van der Waals surface area contributed by atoms with E-state index in [1.165, 1.54) is 4.31 Å². The monoisotopic (exact) mass is 380 g/mol. The van der Waals surface area contributed by atoms with Gasteiger partial charge in [0.1, 0.15) is 0 Å². The van der Waals surface area contributed by atoms with Gasteiger partial charge in [-0.05, 0) is 35.9 Å². The second-order valence-corrected chi connectivity index (χ2v) is 7.80. The highest BCUT2D eigenvalue weighted by Gasteiger charge is 2.21. The zero-order valence-corrected chi connectivity index (χ0v) is 15.8. The first-order valence-electron chi connectivity index (χ1n) is 8.01. The van der Waals surface area contributed by atoms with Gasteiger partial charge in [-0.25, -0.2) is 8.42 Å². The van der Waals surface area contributed by atoms with Crippen LogP contribution in [0.25, 0.3) is 0 Å². The normalized spacial score (nSPS) is 11.5. The summed E-state index contributed by atoms with van der Waals surface area (Å²) < 4.78 is 26.3. The molecular weight excluding hydrogens is 360 g/mol. The predicted octanol–water partition coefficient (Wildman–Crippen LogP) is 3.30. The molecule has 0 spiro atoms. The molecule has 2 aromatic carbocycles. The van der Waals surface area contributed by atoms with Crippen LogP contribution in [0.1, 0.15) is 29.8 Å². The van der Waals surface area contributed by atoms with E-state index >= 15 is 0 Å². The van der Waals surface area contributed by atoms with Crippen molar-refractivity contribution >= 4 is 27.5 Å². The van der Waals surface area contributed by atoms with Gasteiger partial charge in [-0.1, -0.05) is 43.6 Å². The summed E-state index contributed by atoms with van der Waals surface area (Å²) in [5.74, 6) is -0.234. The Bertz CT molecular complexity index is 832. The Kier molecular flexibility index (Phi) is 6.58. The van der Waals surface area contributed by atoms with Crippen LogP contribution in [0.5, 0.6) is 0 Å². The maximum atomic E-state index is 12.4. The third kappa shape index (κ3) is 4.81. The third-order valence-corrected chi connectivity index (χ3v) is 6.11. The Morgan fingerprint density at radius 2 is 1.72 bits per heavy atom. The van der Waals surface area contributed by atoms with Gasteiger partial charge < -0.3 is 5.32 Å². The molecule has 0 aromatic heterocycles. The minimum Gasteiger partial charge on any atom is -0.348 e. The maximum absolute atomic E-state index is 12.4. The number of benzene rings is 2. The maximum Gasteiger partial charge on any atom is 0.251 e. The zero-order chi connectivity index (χ0) is 18.4. The van der Waals surface area contributed by atoms with Crippen molar-refractivity contribution in [1.29, 1.82) is 0 Å². The molecule has 0 saturated carbocycles. The molecule has 134 valence electrons. The second kappa shape index (κ2) is 8.47. The van der Waals surface area contributed by atoms with E-state index in [0.29, 0.717) is 30.2 Å². The summed E-state index contributed by atoms with van der Waals surface area (Å²) >= 11 is 5.87. The molecule has 0 atom stereocenters. The Morgan fingerprint density at radius 3 is 2.28 bits per heavy atom. The van der Waals surface area contributed by atoms with E-state index in [9.17, 15) is 13.2 Å². The first-order chi connectivity index (χ1) is 11.9. The number of nitrogens with one attached hydrogen (secondary N) is 1. The van der Waals surface area contributed by atoms with Gasteiger partial charge in [-0.2, -0.15) is 4.31 Å². The molecule has 0 aliphatic heterocycles. The van der Waals surface area contributed by atoms with E-state index in [2.05, 4.69) is 5.32 Å². The number of hydrogen-bond acceptors (Lipinski definition) is 3. The third-order valence-electron chi connectivity index (χ3n) is 3.81. The lowest BCUT2D eigenvalue weighted by Gasteiger charge is -2.18. The Morgan fingerprint density at radius 1 is 1.08 bits per heavy atom. The SMILES string of the molecule is CCN(CC)S(=O)(=O)c1ccc(CNC(=O)c2cccc(Cl)c2)cc1. The molecule has 0 aliphatic rings. The van der Waals surface area contributed by atoms with Gasteiger partial charge >= 0.3 is 0 Å². The van der Waals surface area contributed by atoms with E-state index in [1.807, 2.05) is 0 Å². The minimum atomic E-state index is -3.47. The summed E-state index contributed by atoms with van der Waals surface area (Å²) in [6.45, 7) is 4.77. The lowest BCUT2D eigenvalue weighted by molar-refractivity contribution is 0.0951. The molecule has 0 bridgehead atoms. The first-order valence-corrected chi connectivity index (χ1v) is 9.83. The van der Waals surface area contributed by atoms with Crippen molar-refractivity contribution in [2.45, 2.75) is 25.3 Å². The van der Waals surface area contributed by atoms with Crippen molar-refractivity contribution in [1.82, 2.24) is 9.62 Å². The van der Waals surface area contributed by atoms with Gasteiger partial charge in [0, 0.05) is 30.2 Å². The van der Waals surface area contributed by atoms with Crippen molar-refractivity contribution in [3.05, 3.63) is 64.7 Å².